The molecule has 0 amide bonds. The highest BCUT2D eigenvalue weighted by atomic mass is 16.3. The quantitative estimate of drug-likeness (QED) is 0.707. The van der Waals surface area contributed by atoms with Crippen LogP contribution in [0.4, 0.5) is 5.95 Å². The summed E-state index contributed by atoms with van der Waals surface area (Å²) in [6.07, 6.45) is 4.47. The van der Waals surface area contributed by atoms with E-state index in [9.17, 15) is 5.11 Å². The summed E-state index contributed by atoms with van der Waals surface area (Å²) in [5.41, 5.74) is 2.48. The fourth-order valence-electron chi connectivity index (χ4n) is 3.55. The van der Waals surface area contributed by atoms with Crippen LogP contribution in [0.5, 0.6) is 0 Å². The average Bonchev–Trinajstić information content (AvgIpc) is 3.11. The van der Waals surface area contributed by atoms with Crippen molar-refractivity contribution in [2.24, 2.45) is 0 Å². The standard InChI is InChI=1S/C22H24N4O/c27-22(20-9-5-2-6-10-20)11-12-26(17-22)16-19-14-24-21(25-15-19)23-13-18-7-3-1-4-8-18/h1-10,14-15,27H,11-13,16-17H2,(H,23,24,25)/t22-/m1/s1. The number of anilines is 1. The van der Waals surface area contributed by atoms with Crippen LogP contribution in [0.2, 0.25) is 0 Å². The number of nitrogens with one attached hydrogen (secondary N) is 1. The molecule has 4 rings (SSSR count). The Kier molecular flexibility index (Phi) is 5.14. The third-order valence-electron chi connectivity index (χ3n) is 5.04. The van der Waals surface area contributed by atoms with E-state index in [0.29, 0.717) is 19.0 Å². The van der Waals surface area contributed by atoms with Crippen LogP contribution in [-0.4, -0.2) is 33.1 Å². The minimum absolute atomic E-state index is 0.629. The Morgan fingerprint density at radius 2 is 1.59 bits per heavy atom. The van der Waals surface area contributed by atoms with Crippen LogP contribution in [0.1, 0.15) is 23.1 Å². The molecule has 1 aromatic heterocycles. The second kappa shape index (κ2) is 7.86. The Balaban J connectivity index is 1.32. The van der Waals surface area contributed by atoms with Crippen LogP contribution >= 0.6 is 0 Å². The van der Waals surface area contributed by atoms with Crippen LogP contribution in [0.25, 0.3) is 0 Å². The van der Waals surface area contributed by atoms with Gasteiger partial charge in [-0.1, -0.05) is 60.7 Å². The van der Waals surface area contributed by atoms with Crippen molar-refractivity contribution in [3.8, 4) is 0 Å². The highest BCUT2D eigenvalue weighted by Gasteiger charge is 2.37. The Labute approximate surface area is 159 Å². The van der Waals surface area contributed by atoms with E-state index in [0.717, 1.165) is 30.6 Å². The molecule has 2 heterocycles. The summed E-state index contributed by atoms with van der Waals surface area (Å²) in [5, 5.41) is 14.2. The van der Waals surface area contributed by atoms with Crippen molar-refractivity contribution < 1.29 is 5.11 Å². The van der Waals surface area contributed by atoms with Gasteiger partial charge >= 0.3 is 0 Å². The molecule has 3 aromatic rings. The molecule has 138 valence electrons. The van der Waals surface area contributed by atoms with Crippen molar-refractivity contribution in [3.05, 3.63) is 89.7 Å². The summed E-state index contributed by atoms with van der Waals surface area (Å²) >= 11 is 0. The van der Waals surface area contributed by atoms with E-state index in [-0.39, 0.29) is 0 Å². The monoisotopic (exact) mass is 360 g/mol. The molecule has 1 atom stereocenters. The molecule has 0 bridgehead atoms. The third kappa shape index (κ3) is 4.32. The Hall–Kier alpha value is -2.76. The predicted octanol–water partition coefficient (Wildman–Crippen LogP) is 3.18. The summed E-state index contributed by atoms with van der Waals surface area (Å²) in [5.74, 6) is 0.629. The predicted molar refractivity (Wildman–Crippen MR) is 106 cm³/mol. The molecule has 2 N–H and O–H groups in total. The number of hydrogen-bond donors (Lipinski definition) is 2. The molecule has 0 unspecified atom stereocenters. The summed E-state index contributed by atoms with van der Waals surface area (Å²) in [7, 11) is 0. The van der Waals surface area contributed by atoms with E-state index in [1.807, 2.05) is 60.9 Å². The molecule has 1 aliphatic rings. The van der Waals surface area contributed by atoms with E-state index >= 15 is 0 Å². The number of nitrogens with zero attached hydrogens (tertiary/aromatic N) is 3. The summed E-state index contributed by atoms with van der Waals surface area (Å²) in [6, 6.07) is 20.1. The van der Waals surface area contributed by atoms with Gasteiger partial charge in [0.15, 0.2) is 0 Å². The van der Waals surface area contributed by atoms with E-state index in [1.165, 1.54) is 5.56 Å². The third-order valence-corrected chi connectivity index (χ3v) is 5.04. The second-order valence-corrected chi connectivity index (χ2v) is 7.11. The fourth-order valence-corrected chi connectivity index (χ4v) is 3.55. The van der Waals surface area contributed by atoms with E-state index in [2.05, 4.69) is 32.3 Å². The van der Waals surface area contributed by atoms with Gasteiger partial charge in [-0.25, -0.2) is 9.97 Å². The van der Waals surface area contributed by atoms with E-state index in [4.69, 9.17) is 0 Å². The van der Waals surface area contributed by atoms with Crippen molar-refractivity contribution in [1.82, 2.24) is 14.9 Å². The first kappa shape index (κ1) is 17.6. The zero-order chi connectivity index (χ0) is 18.5. The molecule has 1 saturated heterocycles. The molecule has 0 aliphatic carbocycles. The highest BCUT2D eigenvalue weighted by Crippen LogP contribution is 2.32. The number of benzene rings is 2. The molecular formula is C22H24N4O. The van der Waals surface area contributed by atoms with Crippen molar-refractivity contribution in [1.29, 1.82) is 0 Å². The Morgan fingerprint density at radius 1 is 0.926 bits per heavy atom. The van der Waals surface area contributed by atoms with Gasteiger partial charge in [-0.2, -0.15) is 0 Å². The van der Waals surface area contributed by atoms with Gasteiger partial charge in [0, 0.05) is 44.1 Å². The Morgan fingerprint density at radius 3 is 2.30 bits per heavy atom. The first-order valence-corrected chi connectivity index (χ1v) is 9.30. The van der Waals surface area contributed by atoms with Gasteiger partial charge in [0.05, 0.1) is 0 Å². The van der Waals surface area contributed by atoms with Crippen LogP contribution in [-0.2, 0) is 18.7 Å². The molecule has 1 fully saturated rings. The van der Waals surface area contributed by atoms with Gasteiger partial charge in [0.1, 0.15) is 5.60 Å². The molecule has 0 saturated carbocycles. The first-order valence-electron chi connectivity index (χ1n) is 9.30. The summed E-state index contributed by atoms with van der Waals surface area (Å²) < 4.78 is 0. The molecule has 0 spiro atoms. The molecule has 2 aromatic carbocycles. The summed E-state index contributed by atoms with van der Waals surface area (Å²) in [6.45, 7) is 2.94. The van der Waals surface area contributed by atoms with Gasteiger partial charge in [0.25, 0.3) is 0 Å². The van der Waals surface area contributed by atoms with Crippen LogP contribution in [0.3, 0.4) is 0 Å². The molecule has 5 nitrogen and oxygen atoms in total. The lowest BCUT2D eigenvalue weighted by Gasteiger charge is -2.24. The van der Waals surface area contributed by atoms with Gasteiger partial charge in [-0.3, -0.25) is 4.90 Å². The van der Waals surface area contributed by atoms with Crippen molar-refractivity contribution >= 4 is 5.95 Å². The maximum absolute atomic E-state index is 11.0. The second-order valence-electron chi connectivity index (χ2n) is 7.11. The topological polar surface area (TPSA) is 61.3 Å². The average molecular weight is 360 g/mol. The normalized spacial score (nSPS) is 19.9. The lowest BCUT2D eigenvalue weighted by molar-refractivity contribution is 0.0453. The van der Waals surface area contributed by atoms with Gasteiger partial charge < -0.3 is 10.4 Å². The van der Waals surface area contributed by atoms with Gasteiger partial charge in [-0.15, -0.1) is 0 Å². The number of hydrogen-bond acceptors (Lipinski definition) is 5. The molecule has 0 radical (unpaired) electrons. The molecule has 27 heavy (non-hydrogen) atoms. The van der Waals surface area contributed by atoms with E-state index < -0.39 is 5.60 Å². The van der Waals surface area contributed by atoms with Crippen molar-refractivity contribution in [3.63, 3.8) is 0 Å². The molecule has 5 heteroatoms. The van der Waals surface area contributed by atoms with Crippen molar-refractivity contribution in [2.45, 2.75) is 25.1 Å². The SMILES string of the molecule is O[C@]1(c2ccccc2)CCN(Cc2cnc(NCc3ccccc3)nc2)C1. The van der Waals surface area contributed by atoms with Gasteiger partial charge in [-0.05, 0) is 17.5 Å². The summed E-state index contributed by atoms with van der Waals surface area (Å²) in [4.78, 5) is 11.1. The zero-order valence-electron chi connectivity index (χ0n) is 15.3. The van der Waals surface area contributed by atoms with Gasteiger partial charge in [0.2, 0.25) is 5.95 Å². The maximum atomic E-state index is 11.0. The van der Waals surface area contributed by atoms with Crippen molar-refractivity contribution in [2.75, 3.05) is 18.4 Å². The maximum Gasteiger partial charge on any atom is 0.222 e. The van der Waals surface area contributed by atoms with Crippen LogP contribution in [0, 0.1) is 0 Å². The molecule has 1 aliphatic heterocycles. The minimum Gasteiger partial charge on any atom is -0.384 e. The Bertz CT molecular complexity index is 855. The number of rotatable bonds is 6. The van der Waals surface area contributed by atoms with Crippen LogP contribution < -0.4 is 5.32 Å². The number of aliphatic hydroxyl groups is 1. The highest BCUT2D eigenvalue weighted by molar-refractivity contribution is 5.28. The minimum atomic E-state index is -0.765. The smallest absolute Gasteiger partial charge is 0.222 e. The van der Waals surface area contributed by atoms with Crippen LogP contribution in [0.15, 0.2) is 73.1 Å². The largest absolute Gasteiger partial charge is 0.384 e. The number of aromatic nitrogens is 2. The molecular weight excluding hydrogens is 336 g/mol. The van der Waals surface area contributed by atoms with E-state index in [1.54, 1.807) is 0 Å². The lowest BCUT2D eigenvalue weighted by atomic mass is 9.93. The lowest BCUT2D eigenvalue weighted by Crippen LogP contribution is -2.30. The number of likely N-dealkylation sites (tertiary alicyclic amines) is 1. The fraction of sp³-hybridized carbons (Fsp3) is 0.273. The first-order chi connectivity index (χ1) is 13.2. The number of β-amino-alcohol motifs (C(OH)–C–C–N with tert-alkyl or cyclic N) is 1. The zero-order valence-corrected chi connectivity index (χ0v) is 15.3.